The standard InChI is InChI=1S/C20H28N6OS.HI/c21-19(25-6-8-26(9-7-25)20-22-5-14-28-20)23-15-17-3-1-2-4-18(17)16-24-10-12-27-13-11-24;/h1-5,14H,6-13,15-16H2,(H2,21,23);1H. The molecule has 158 valence electrons. The lowest BCUT2D eigenvalue weighted by atomic mass is 10.1. The van der Waals surface area contributed by atoms with Crippen molar-refractivity contribution in [2.45, 2.75) is 13.1 Å². The van der Waals surface area contributed by atoms with Gasteiger partial charge in [-0.1, -0.05) is 24.3 Å². The van der Waals surface area contributed by atoms with Gasteiger partial charge in [0.25, 0.3) is 0 Å². The summed E-state index contributed by atoms with van der Waals surface area (Å²) in [7, 11) is 0. The fourth-order valence-corrected chi connectivity index (χ4v) is 4.33. The van der Waals surface area contributed by atoms with Crippen molar-refractivity contribution in [3.8, 4) is 0 Å². The van der Waals surface area contributed by atoms with E-state index in [4.69, 9.17) is 15.5 Å². The Balaban J connectivity index is 0.00000240. The molecule has 4 rings (SSSR count). The summed E-state index contributed by atoms with van der Waals surface area (Å²) in [6.07, 6.45) is 1.86. The first-order valence-electron chi connectivity index (χ1n) is 9.86. The summed E-state index contributed by atoms with van der Waals surface area (Å²) in [4.78, 5) is 16.0. The summed E-state index contributed by atoms with van der Waals surface area (Å²) >= 11 is 1.69. The smallest absolute Gasteiger partial charge is 0.191 e. The summed E-state index contributed by atoms with van der Waals surface area (Å²) in [5.41, 5.74) is 8.89. The molecule has 1 aromatic heterocycles. The molecule has 7 nitrogen and oxygen atoms in total. The first-order chi connectivity index (χ1) is 13.8. The van der Waals surface area contributed by atoms with Gasteiger partial charge in [-0.3, -0.25) is 4.90 Å². The van der Waals surface area contributed by atoms with Crippen LogP contribution >= 0.6 is 35.3 Å². The Bertz CT molecular complexity index is 773. The molecule has 2 N–H and O–H groups in total. The topological polar surface area (TPSA) is 70.2 Å². The van der Waals surface area contributed by atoms with E-state index in [1.807, 2.05) is 11.6 Å². The molecule has 2 aromatic rings. The van der Waals surface area contributed by atoms with Gasteiger partial charge in [-0.25, -0.2) is 9.98 Å². The fourth-order valence-electron chi connectivity index (χ4n) is 3.63. The van der Waals surface area contributed by atoms with Crippen LogP contribution in [0.1, 0.15) is 11.1 Å². The third-order valence-corrected chi connectivity index (χ3v) is 6.15. The minimum atomic E-state index is 0. The normalized spacial score (nSPS) is 18.6. The number of benzene rings is 1. The van der Waals surface area contributed by atoms with Gasteiger partial charge in [0.1, 0.15) is 0 Å². The van der Waals surface area contributed by atoms with E-state index in [9.17, 15) is 0 Å². The van der Waals surface area contributed by atoms with Crippen LogP contribution in [-0.2, 0) is 17.8 Å². The zero-order valence-corrected chi connectivity index (χ0v) is 19.7. The van der Waals surface area contributed by atoms with Crippen molar-refractivity contribution in [3.05, 3.63) is 47.0 Å². The first-order valence-corrected chi connectivity index (χ1v) is 10.7. The van der Waals surface area contributed by atoms with Gasteiger partial charge < -0.3 is 20.3 Å². The zero-order valence-electron chi connectivity index (χ0n) is 16.6. The largest absolute Gasteiger partial charge is 0.379 e. The lowest BCUT2D eigenvalue weighted by Crippen LogP contribution is -2.51. The van der Waals surface area contributed by atoms with Crippen molar-refractivity contribution in [2.24, 2.45) is 10.7 Å². The number of morpholine rings is 1. The second-order valence-corrected chi connectivity index (χ2v) is 7.99. The number of hydrogen-bond acceptors (Lipinski definition) is 6. The molecule has 2 aliphatic heterocycles. The second kappa shape index (κ2) is 11.1. The van der Waals surface area contributed by atoms with Gasteiger partial charge in [-0.15, -0.1) is 35.3 Å². The van der Waals surface area contributed by atoms with Gasteiger partial charge >= 0.3 is 0 Å². The molecule has 0 atom stereocenters. The summed E-state index contributed by atoms with van der Waals surface area (Å²) in [5, 5.41) is 3.11. The number of aliphatic imine (C=N–C) groups is 1. The Morgan fingerprint density at radius 2 is 1.79 bits per heavy atom. The maximum atomic E-state index is 6.31. The summed E-state index contributed by atoms with van der Waals surface area (Å²) in [6.45, 7) is 8.80. The van der Waals surface area contributed by atoms with Crippen LogP contribution in [0.5, 0.6) is 0 Å². The van der Waals surface area contributed by atoms with Gasteiger partial charge in [0, 0.05) is 57.4 Å². The number of halogens is 1. The number of thiazole rings is 1. The van der Waals surface area contributed by atoms with Crippen LogP contribution in [0, 0.1) is 0 Å². The SMILES string of the molecule is I.NC(=NCc1ccccc1CN1CCOCC1)N1CCN(c2nccs2)CC1. The molecule has 0 amide bonds. The van der Waals surface area contributed by atoms with Crippen LogP contribution in [0.25, 0.3) is 0 Å². The number of piperazine rings is 1. The number of nitrogens with zero attached hydrogens (tertiary/aromatic N) is 5. The van der Waals surface area contributed by atoms with Crippen molar-refractivity contribution < 1.29 is 4.74 Å². The van der Waals surface area contributed by atoms with Crippen molar-refractivity contribution in [3.63, 3.8) is 0 Å². The highest BCUT2D eigenvalue weighted by molar-refractivity contribution is 14.0. The summed E-state index contributed by atoms with van der Waals surface area (Å²) in [5.74, 6) is 0.639. The number of aromatic nitrogens is 1. The average Bonchev–Trinajstić information content (AvgIpc) is 3.29. The van der Waals surface area contributed by atoms with E-state index in [2.05, 4.69) is 43.9 Å². The molecule has 0 spiro atoms. The van der Waals surface area contributed by atoms with Crippen LogP contribution in [0.4, 0.5) is 5.13 Å². The molecular formula is C20H29IN6OS. The van der Waals surface area contributed by atoms with Gasteiger partial charge in [-0.05, 0) is 11.1 Å². The Kier molecular flexibility index (Phi) is 8.52. The number of hydrogen-bond donors (Lipinski definition) is 1. The maximum Gasteiger partial charge on any atom is 0.191 e. The van der Waals surface area contributed by atoms with Crippen LogP contribution in [0.15, 0.2) is 40.8 Å². The number of guanidine groups is 1. The third kappa shape index (κ3) is 6.03. The molecule has 0 unspecified atom stereocenters. The molecule has 0 radical (unpaired) electrons. The molecule has 3 heterocycles. The quantitative estimate of drug-likeness (QED) is 0.365. The van der Waals surface area contributed by atoms with Crippen LogP contribution in [0.2, 0.25) is 0 Å². The molecule has 9 heteroatoms. The van der Waals surface area contributed by atoms with Crippen LogP contribution < -0.4 is 10.6 Å². The maximum absolute atomic E-state index is 6.31. The summed E-state index contributed by atoms with van der Waals surface area (Å²) < 4.78 is 5.45. The van der Waals surface area contributed by atoms with E-state index in [0.29, 0.717) is 12.5 Å². The Labute approximate surface area is 193 Å². The molecule has 0 aliphatic carbocycles. The minimum absolute atomic E-state index is 0. The Morgan fingerprint density at radius 1 is 1.07 bits per heavy atom. The third-order valence-electron chi connectivity index (χ3n) is 5.32. The van der Waals surface area contributed by atoms with Crippen LogP contribution in [-0.4, -0.2) is 73.2 Å². The zero-order chi connectivity index (χ0) is 19.2. The van der Waals surface area contributed by atoms with Crippen molar-refractivity contribution in [1.29, 1.82) is 0 Å². The predicted octanol–water partition coefficient (Wildman–Crippen LogP) is 2.23. The number of nitrogens with two attached hydrogens (primary N) is 1. The van der Waals surface area contributed by atoms with Crippen LogP contribution in [0.3, 0.4) is 0 Å². The Hall–Kier alpha value is -1.43. The van der Waals surface area contributed by atoms with E-state index in [-0.39, 0.29) is 24.0 Å². The molecular weight excluding hydrogens is 499 g/mol. The number of rotatable bonds is 5. The Morgan fingerprint density at radius 3 is 2.48 bits per heavy atom. The monoisotopic (exact) mass is 528 g/mol. The van der Waals surface area contributed by atoms with E-state index < -0.39 is 0 Å². The highest BCUT2D eigenvalue weighted by atomic mass is 127. The van der Waals surface area contributed by atoms with E-state index in [1.165, 1.54) is 11.1 Å². The van der Waals surface area contributed by atoms with Gasteiger partial charge in [-0.2, -0.15) is 0 Å². The average molecular weight is 528 g/mol. The second-order valence-electron chi connectivity index (χ2n) is 7.12. The number of anilines is 1. The van der Waals surface area contributed by atoms with Gasteiger partial charge in [0.15, 0.2) is 11.1 Å². The molecule has 1 aromatic carbocycles. The van der Waals surface area contributed by atoms with Gasteiger partial charge in [0.2, 0.25) is 0 Å². The lowest BCUT2D eigenvalue weighted by molar-refractivity contribution is 0.0341. The van der Waals surface area contributed by atoms with Gasteiger partial charge in [0.05, 0.1) is 19.8 Å². The molecule has 0 saturated carbocycles. The number of ether oxygens (including phenoxy) is 1. The van der Waals surface area contributed by atoms with E-state index >= 15 is 0 Å². The minimum Gasteiger partial charge on any atom is -0.379 e. The first kappa shape index (κ1) is 22.3. The fraction of sp³-hybridized carbons (Fsp3) is 0.500. The van der Waals surface area contributed by atoms with Crippen molar-refractivity contribution in [2.75, 3.05) is 57.4 Å². The molecule has 2 saturated heterocycles. The van der Waals surface area contributed by atoms with E-state index in [0.717, 1.165) is 64.2 Å². The molecule has 0 bridgehead atoms. The van der Waals surface area contributed by atoms with Crippen molar-refractivity contribution in [1.82, 2.24) is 14.8 Å². The highest BCUT2D eigenvalue weighted by Gasteiger charge is 2.20. The van der Waals surface area contributed by atoms with Crippen molar-refractivity contribution >= 4 is 46.4 Å². The predicted molar refractivity (Wildman–Crippen MR) is 129 cm³/mol. The summed E-state index contributed by atoms with van der Waals surface area (Å²) in [6, 6.07) is 8.54. The molecule has 2 aliphatic rings. The molecule has 29 heavy (non-hydrogen) atoms. The van der Waals surface area contributed by atoms with E-state index in [1.54, 1.807) is 11.3 Å². The lowest BCUT2D eigenvalue weighted by Gasteiger charge is -2.35. The molecule has 2 fully saturated rings. The highest BCUT2D eigenvalue weighted by Crippen LogP contribution is 2.19.